The minimum absolute atomic E-state index is 0.0300. The number of hydrogen-bond donors (Lipinski definition) is 1. The van der Waals surface area contributed by atoms with Crippen molar-refractivity contribution in [2.45, 2.75) is 26.3 Å². The summed E-state index contributed by atoms with van der Waals surface area (Å²) in [6.45, 7) is 3.62. The zero-order valence-corrected chi connectivity index (χ0v) is 16.0. The monoisotopic (exact) mass is 382 g/mol. The summed E-state index contributed by atoms with van der Waals surface area (Å²) in [6.07, 6.45) is -0.0300. The van der Waals surface area contributed by atoms with E-state index in [2.05, 4.69) is 0 Å². The molecule has 0 aromatic heterocycles. The summed E-state index contributed by atoms with van der Waals surface area (Å²) < 4.78 is 10.9. The number of benzene rings is 2. The van der Waals surface area contributed by atoms with E-state index in [0.717, 1.165) is 4.90 Å². The molecular weight excluding hydrogens is 360 g/mol. The van der Waals surface area contributed by atoms with Gasteiger partial charge in [-0.1, -0.05) is 6.07 Å². The number of rotatable bonds is 7. The largest absolute Gasteiger partial charge is 0.497 e. The average Bonchev–Trinajstić information content (AvgIpc) is 2.92. The summed E-state index contributed by atoms with van der Waals surface area (Å²) in [6, 6.07) is 9.06. The standard InChI is InChI=1S/C21H22N2O5/c1-4-28-18-11-13(27-3)8-9-14(18)17(10-12(2)24)23-20(25)15-6-5-7-16(22)19(15)21(23)26/h5-9,11,17H,4,10,22H2,1-3H3/t17-/m1/s1. The van der Waals surface area contributed by atoms with Crippen LogP contribution in [0, 0.1) is 0 Å². The summed E-state index contributed by atoms with van der Waals surface area (Å²) in [4.78, 5) is 39.2. The SMILES string of the molecule is CCOc1cc(OC)ccc1[C@@H](CC(C)=O)N1C(=O)c2cccc(N)c2C1=O. The molecule has 2 aromatic carbocycles. The van der Waals surface area contributed by atoms with Crippen molar-refractivity contribution in [1.82, 2.24) is 4.90 Å². The summed E-state index contributed by atoms with van der Waals surface area (Å²) in [5.41, 5.74) is 7.15. The highest BCUT2D eigenvalue weighted by atomic mass is 16.5. The molecule has 0 fully saturated rings. The molecule has 3 rings (SSSR count). The maximum atomic E-state index is 13.1. The Kier molecular flexibility index (Phi) is 5.35. The molecule has 0 saturated carbocycles. The third-order valence-corrected chi connectivity index (χ3v) is 4.65. The molecule has 1 aliphatic heterocycles. The van der Waals surface area contributed by atoms with Crippen LogP contribution in [0.15, 0.2) is 36.4 Å². The minimum Gasteiger partial charge on any atom is -0.497 e. The first-order chi connectivity index (χ1) is 13.4. The van der Waals surface area contributed by atoms with E-state index in [-0.39, 0.29) is 29.0 Å². The van der Waals surface area contributed by atoms with E-state index in [0.29, 0.717) is 23.7 Å². The molecule has 2 aromatic rings. The lowest BCUT2D eigenvalue weighted by molar-refractivity contribution is -0.117. The molecular formula is C21H22N2O5. The number of nitrogen functional groups attached to an aromatic ring is 1. The highest BCUT2D eigenvalue weighted by molar-refractivity contribution is 6.23. The van der Waals surface area contributed by atoms with Gasteiger partial charge in [0.15, 0.2) is 0 Å². The normalized spacial score (nSPS) is 14.0. The Balaban J connectivity index is 2.13. The molecule has 0 saturated heterocycles. The number of carbonyl (C=O) groups is 3. The molecule has 0 bridgehead atoms. The summed E-state index contributed by atoms with van der Waals surface area (Å²) in [7, 11) is 1.53. The van der Waals surface area contributed by atoms with E-state index in [4.69, 9.17) is 15.2 Å². The molecule has 2 amide bonds. The second-order valence-corrected chi connectivity index (χ2v) is 6.51. The van der Waals surface area contributed by atoms with Crippen molar-refractivity contribution < 1.29 is 23.9 Å². The van der Waals surface area contributed by atoms with Crippen LogP contribution in [0.2, 0.25) is 0 Å². The fourth-order valence-corrected chi connectivity index (χ4v) is 3.42. The Morgan fingerprint density at radius 1 is 1.18 bits per heavy atom. The number of hydrogen-bond acceptors (Lipinski definition) is 6. The summed E-state index contributed by atoms with van der Waals surface area (Å²) >= 11 is 0. The van der Waals surface area contributed by atoms with E-state index in [1.807, 2.05) is 6.92 Å². The van der Waals surface area contributed by atoms with Crippen LogP contribution in [0.25, 0.3) is 0 Å². The smallest absolute Gasteiger partial charge is 0.264 e. The molecule has 7 nitrogen and oxygen atoms in total. The fraction of sp³-hybridized carbons (Fsp3) is 0.286. The lowest BCUT2D eigenvalue weighted by atomic mass is 9.98. The van der Waals surface area contributed by atoms with Gasteiger partial charge in [-0.2, -0.15) is 0 Å². The first-order valence-corrected chi connectivity index (χ1v) is 8.95. The zero-order valence-electron chi connectivity index (χ0n) is 16.0. The highest BCUT2D eigenvalue weighted by Gasteiger charge is 2.42. The molecule has 1 atom stereocenters. The molecule has 7 heteroatoms. The van der Waals surface area contributed by atoms with Crippen LogP contribution in [0.3, 0.4) is 0 Å². The Bertz CT molecular complexity index is 954. The van der Waals surface area contributed by atoms with Gasteiger partial charge in [0.2, 0.25) is 0 Å². The van der Waals surface area contributed by atoms with Crippen molar-refractivity contribution in [3.63, 3.8) is 0 Å². The van der Waals surface area contributed by atoms with E-state index in [1.165, 1.54) is 14.0 Å². The van der Waals surface area contributed by atoms with Crippen molar-refractivity contribution in [2.75, 3.05) is 19.5 Å². The molecule has 146 valence electrons. The number of amides is 2. The number of nitrogens with zero attached hydrogens (tertiary/aromatic N) is 1. The van der Waals surface area contributed by atoms with E-state index < -0.39 is 17.9 Å². The predicted octanol–water partition coefficient (Wildman–Crippen LogP) is 2.99. The molecule has 1 aliphatic rings. The van der Waals surface area contributed by atoms with Crippen molar-refractivity contribution in [3.05, 3.63) is 53.1 Å². The third-order valence-electron chi connectivity index (χ3n) is 4.65. The topological polar surface area (TPSA) is 98.9 Å². The van der Waals surface area contributed by atoms with Gasteiger partial charge in [0.25, 0.3) is 11.8 Å². The van der Waals surface area contributed by atoms with Crippen LogP contribution in [0.4, 0.5) is 5.69 Å². The lowest BCUT2D eigenvalue weighted by Crippen LogP contribution is -2.35. The summed E-state index contributed by atoms with van der Waals surface area (Å²) in [5.74, 6) is -0.120. The second kappa shape index (κ2) is 7.72. The van der Waals surface area contributed by atoms with Crippen LogP contribution in [0.1, 0.15) is 52.6 Å². The van der Waals surface area contributed by atoms with Gasteiger partial charge in [-0.3, -0.25) is 19.3 Å². The number of Topliss-reactive ketones (excluding diaryl/α,β-unsaturated/α-hetero) is 1. The van der Waals surface area contributed by atoms with Gasteiger partial charge in [-0.15, -0.1) is 0 Å². The van der Waals surface area contributed by atoms with Gasteiger partial charge < -0.3 is 15.2 Å². The number of imide groups is 1. The van der Waals surface area contributed by atoms with Crippen molar-refractivity contribution in [3.8, 4) is 11.5 Å². The fourth-order valence-electron chi connectivity index (χ4n) is 3.42. The molecule has 0 spiro atoms. The van der Waals surface area contributed by atoms with Crippen LogP contribution in [-0.2, 0) is 4.79 Å². The van der Waals surface area contributed by atoms with Gasteiger partial charge in [-0.05, 0) is 38.1 Å². The van der Waals surface area contributed by atoms with Crippen LogP contribution in [0.5, 0.6) is 11.5 Å². The lowest BCUT2D eigenvalue weighted by Gasteiger charge is -2.27. The molecule has 2 N–H and O–H groups in total. The quantitative estimate of drug-likeness (QED) is 0.584. The summed E-state index contributed by atoms with van der Waals surface area (Å²) in [5, 5.41) is 0. The molecule has 28 heavy (non-hydrogen) atoms. The van der Waals surface area contributed by atoms with Gasteiger partial charge in [0, 0.05) is 23.7 Å². The number of methoxy groups -OCH3 is 1. The number of ketones is 1. The molecule has 1 heterocycles. The van der Waals surface area contributed by atoms with Crippen molar-refractivity contribution in [2.24, 2.45) is 0 Å². The zero-order chi connectivity index (χ0) is 20.4. The number of anilines is 1. The maximum Gasteiger partial charge on any atom is 0.264 e. The van der Waals surface area contributed by atoms with Crippen molar-refractivity contribution in [1.29, 1.82) is 0 Å². The van der Waals surface area contributed by atoms with Crippen LogP contribution in [-0.4, -0.2) is 36.2 Å². The Morgan fingerprint density at radius 2 is 1.93 bits per heavy atom. The van der Waals surface area contributed by atoms with Gasteiger partial charge in [0.1, 0.15) is 17.3 Å². The number of nitrogens with two attached hydrogens (primary N) is 1. The number of fused-ring (bicyclic) bond motifs is 1. The first kappa shape index (κ1) is 19.4. The Labute approximate surface area is 163 Å². The van der Waals surface area contributed by atoms with E-state index >= 15 is 0 Å². The van der Waals surface area contributed by atoms with E-state index in [1.54, 1.807) is 36.4 Å². The molecule has 0 unspecified atom stereocenters. The Morgan fingerprint density at radius 3 is 2.54 bits per heavy atom. The predicted molar refractivity (Wildman–Crippen MR) is 104 cm³/mol. The number of ether oxygens (including phenoxy) is 2. The van der Waals surface area contributed by atoms with Gasteiger partial charge in [-0.25, -0.2) is 0 Å². The van der Waals surface area contributed by atoms with Gasteiger partial charge in [0.05, 0.1) is 30.9 Å². The van der Waals surface area contributed by atoms with Crippen LogP contribution >= 0.6 is 0 Å². The Hall–Kier alpha value is -3.35. The van der Waals surface area contributed by atoms with Crippen molar-refractivity contribution >= 4 is 23.3 Å². The van der Waals surface area contributed by atoms with Crippen LogP contribution < -0.4 is 15.2 Å². The average molecular weight is 382 g/mol. The number of carbonyl (C=O) groups excluding carboxylic acids is 3. The highest BCUT2D eigenvalue weighted by Crippen LogP contribution is 2.40. The second-order valence-electron chi connectivity index (χ2n) is 6.51. The first-order valence-electron chi connectivity index (χ1n) is 8.95. The van der Waals surface area contributed by atoms with Gasteiger partial charge >= 0.3 is 0 Å². The molecule has 0 aliphatic carbocycles. The molecule has 0 radical (unpaired) electrons. The maximum absolute atomic E-state index is 13.1. The minimum atomic E-state index is -0.809. The third kappa shape index (κ3) is 3.31. The van der Waals surface area contributed by atoms with E-state index in [9.17, 15) is 14.4 Å².